The van der Waals surface area contributed by atoms with Crippen molar-refractivity contribution in [2.45, 2.75) is 31.3 Å². The number of imidazole rings is 1. The summed E-state index contributed by atoms with van der Waals surface area (Å²) in [7, 11) is -3.39. The van der Waals surface area contributed by atoms with E-state index in [1.165, 1.54) is 18.2 Å². The van der Waals surface area contributed by atoms with Gasteiger partial charge in [0.25, 0.3) is 0 Å². The van der Waals surface area contributed by atoms with E-state index in [9.17, 15) is 13.5 Å². The maximum Gasteiger partial charge on any atom is 0.175 e. The van der Waals surface area contributed by atoms with Crippen LogP contribution < -0.4 is 0 Å². The normalized spacial score (nSPS) is 12.2. The highest BCUT2D eigenvalue weighted by Crippen LogP contribution is 2.35. The van der Waals surface area contributed by atoms with E-state index < -0.39 is 21.3 Å². The van der Waals surface area contributed by atoms with E-state index in [2.05, 4.69) is 4.98 Å². The molecule has 0 saturated heterocycles. The highest BCUT2D eigenvalue weighted by Gasteiger charge is 2.25. The van der Waals surface area contributed by atoms with Crippen molar-refractivity contribution >= 4 is 21.4 Å². The molecule has 34 heavy (non-hydrogen) atoms. The Morgan fingerprint density at radius 3 is 2.32 bits per heavy atom. The van der Waals surface area contributed by atoms with Crippen LogP contribution >= 0.6 is 11.6 Å². The van der Waals surface area contributed by atoms with Gasteiger partial charge in [0, 0.05) is 18.0 Å². The van der Waals surface area contributed by atoms with Gasteiger partial charge in [-0.1, -0.05) is 41.9 Å². The Morgan fingerprint density at radius 2 is 1.71 bits per heavy atom. The van der Waals surface area contributed by atoms with Gasteiger partial charge in [-0.15, -0.1) is 0 Å². The molecule has 4 rings (SSSR count). The van der Waals surface area contributed by atoms with Crippen LogP contribution in [-0.2, 0) is 15.4 Å². The summed E-state index contributed by atoms with van der Waals surface area (Å²) in [5, 5.41) is 11.0. The molecular formula is C26H24ClFN2O3S. The van der Waals surface area contributed by atoms with Crippen LogP contribution in [0.15, 0.2) is 71.8 Å². The molecule has 0 spiro atoms. The van der Waals surface area contributed by atoms with Crippen molar-refractivity contribution in [2.75, 3.05) is 6.26 Å². The lowest BCUT2D eigenvalue weighted by Crippen LogP contribution is -2.15. The summed E-state index contributed by atoms with van der Waals surface area (Å²) in [6.07, 6.45) is 2.73. The minimum Gasteiger partial charge on any atom is -0.384 e. The van der Waals surface area contributed by atoms with Gasteiger partial charge in [-0.3, -0.25) is 4.57 Å². The maximum absolute atomic E-state index is 15.5. The first-order valence-electron chi connectivity index (χ1n) is 10.5. The third-order valence-corrected chi connectivity index (χ3v) is 7.01. The van der Waals surface area contributed by atoms with Gasteiger partial charge in [0.1, 0.15) is 17.2 Å². The minimum atomic E-state index is -3.39. The molecule has 5 nitrogen and oxygen atoms in total. The molecule has 1 N–H and O–H groups in total. The van der Waals surface area contributed by atoms with Crippen molar-refractivity contribution in [1.29, 1.82) is 0 Å². The molecule has 0 unspecified atom stereocenters. The molecule has 3 aromatic carbocycles. The number of halogens is 2. The Hall–Kier alpha value is -3.00. The van der Waals surface area contributed by atoms with Crippen molar-refractivity contribution in [1.82, 2.24) is 9.55 Å². The lowest BCUT2D eigenvalue weighted by atomic mass is 10.0. The molecule has 0 aliphatic rings. The molecule has 1 heterocycles. The predicted octanol–water partition coefficient (Wildman–Crippen LogP) is 5.94. The smallest absolute Gasteiger partial charge is 0.175 e. The number of aliphatic hydroxyl groups is 1. The van der Waals surface area contributed by atoms with E-state index in [4.69, 9.17) is 11.6 Å². The van der Waals surface area contributed by atoms with Gasteiger partial charge >= 0.3 is 0 Å². The number of sulfone groups is 1. The Morgan fingerprint density at radius 1 is 1.03 bits per heavy atom. The van der Waals surface area contributed by atoms with Crippen LogP contribution in [0.5, 0.6) is 0 Å². The van der Waals surface area contributed by atoms with Gasteiger partial charge in [-0.25, -0.2) is 17.8 Å². The van der Waals surface area contributed by atoms with Crippen molar-refractivity contribution in [3.63, 3.8) is 0 Å². The first kappa shape index (κ1) is 24.1. The van der Waals surface area contributed by atoms with E-state index >= 15 is 4.39 Å². The van der Waals surface area contributed by atoms with Gasteiger partial charge in [0.05, 0.1) is 21.3 Å². The summed E-state index contributed by atoms with van der Waals surface area (Å²) in [5.41, 5.74) is 1.95. The average Bonchev–Trinajstić information content (AvgIpc) is 3.18. The standard InChI is InChI=1S/C26H24ClFN2O3S/c1-16-7-5-10-20(27)24(16)25-29-23(26(2,3)31)15-30(25)22-12-11-18(14-21(22)28)17-8-6-9-19(13-17)34(4,32)33/h5-15,31H,1-4H3. The highest BCUT2D eigenvalue weighted by molar-refractivity contribution is 7.90. The molecule has 0 bridgehead atoms. The van der Waals surface area contributed by atoms with Crippen molar-refractivity contribution in [3.05, 3.63) is 89.0 Å². The van der Waals surface area contributed by atoms with Crippen molar-refractivity contribution in [3.8, 4) is 28.2 Å². The minimum absolute atomic E-state index is 0.162. The average molecular weight is 499 g/mol. The van der Waals surface area contributed by atoms with Crippen LogP contribution in [0, 0.1) is 12.7 Å². The van der Waals surface area contributed by atoms with Crippen LogP contribution in [0.3, 0.4) is 0 Å². The lowest BCUT2D eigenvalue weighted by molar-refractivity contribution is 0.0743. The molecule has 176 valence electrons. The largest absolute Gasteiger partial charge is 0.384 e. The summed E-state index contributed by atoms with van der Waals surface area (Å²) in [6, 6.07) is 16.5. The zero-order valence-corrected chi connectivity index (χ0v) is 20.7. The molecule has 4 aromatic rings. The molecule has 0 aliphatic heterocycles. The molecule has 8 heteroatoms. The first-order chi connectivity index (χ1) is 15.9. The Balaban J connectivity index is 1.88. The van der Waals surface area contributed by atoms with Crippen LogP contribution in [0.4, 0.5) is 4.39 Å². The summed E-state index contributed by atoms with van der Waals surface area (Å²) in [6.45, 7) is 5.10. The Bertz CT molecular complexity index is 1480. The van der Waals surface area contributed by atoms with Crippen molar-refractivity contribution in [2.24, 2.45) is 0 Å². The summed E-state index contributed by atoms with van der Waals surface area (Å²) >= 11 is 6.48. The lowest BCUT2D eigenvalue weighted by Gasteiger charge is -2.13. The zero-order valence-electron chi connectivity index (χ0n) is 19.2. The number of aryl methyl sites for hydroxylation is 1. The summed E-state index contributed by atoms with van der Waals surface area (Å²) in [5.74, 6) is -0.126. The SMILES string of the molecule is Cc1cccc(Cl)c1-c1nc(C(C)(C)O)cn1-c1ccc(-c2cccc(S(C)(=O)=O)c2)cc1F. The number of hydrogen-bond donors (Lipinski definition) is 1. The fourth-order valence-electron chi connectivity index (χ4n) is 3.74. The molecule has 0 atom stereocenters. The molecule has 0 saturated carbocycles. The van der Waals surface area contributed by atoms with E-state index in [1.54, 1.807) is 54.9 Å². The van der Waals surface area contributed by atoms with E-state index in [-0.39, 0.29) is 10.6 Å². The van der Waals surface area contributed by atoms with Crippen LogP contribution in [0.25, 0.3) is 28.2 Å². The number of nitrogens with zero attached hydrogens (tertiary/aromatic N) is 2. The van der Waals surface area contributed by atoms with Gasteiger partial charge in [0.15, 0.2) is 9.84 Å². The second-order valence-corrected chi connectivity index (χ2v) is 11.2. The number of aromatic nitrogens is 2. The quantitative estimate of drug-likeness (QED) is 0.369. The molecule has 0 fully saturated rings. The Labute approximate surface area is 203 Å². The first-order valence-corrected chi connectivity index (χ1v) is 12.8. The van der Waals surface area contributed by atoms with Gasteiger partial charge in [-0.2, -0.15) is 0 Å². The summed E-state index contributed by atoms with van der Waals surface area (Å²) < 4.78 is 40.9. The highest BCUT2D eigenvalue weighted by atomic mass is 35.5. The number of hydrogen-bond acceptors (Lipinski definition) is 4. The van der Waals surface area contributed by atoms with E-state index in [0.717, 1.165) is 11.8 Å². The number of benzene rings is 3. The molecule has 0 amide bonds. The second-order valence-electron chi connectivity index (χ2n) is 8.78. The molecule has 1 aromatic heterocycles. The molecule has 0 aliphatic carbocycles. The monoisotopic (exact) mass is 498 g/mol. The van der Waals surface area contributed by atoms with E-state index in [0.29, 0.717) is 33.2 Å². The van der Waals surface area contributed by atoms with E-state index in [1.807, 2.05) is 19.1 Å². The second kappa shape index (κ2) is 8.65. The van der Waals surface area contributed by atoms with Crippen LogP contribution in [-0.4, -0.2) is 29.3 Å². The maximum atomic E-state index is 15.5. The Kier molecular flexibility index (Phi) is 6.14. The van der Waals surface area contributed by atoms with Gasteiger partial charge in [-0.05, 0) is 67.8 Å². The van der Waals surface area contributed by atoms with Crippen LogP contribution in [0.2, 0.25) is 5.02 Å². The van der Waals surface area contributed by atoms with Gasteiger partial charge in [0.2, 0.25) is 0 Å². The number of rotatable bonds is 5. The third kappa shape index (κ3) is 4.64. The zero-order chi connectivity index (χ0) is 24.8. The molecular weight excluding hydrogens is 475 g/mol. The predicted molar refractivity (Wildman–Crippen MR) is 132 cm³/mol. The topological polar surface area (TPSA) is 72.2 Å². The van der Waals surface area contributed by atoms with Gasteiger partial charge < -0.3 is 5.11 Å². The molecule has 0 radical (unpaired) electrons. The fraction of sp³-hybridized carbons (Fsp3) is 0.192. The summed E-state index contributed by atoms with van der Waals surface area (Å²) in [4.78, 5) is 4.77. The van der Waals surface area contributed by atoms with Crippen LogP contribution in [0.1, 0.15) is 25.1 Å². The van der Waals surface area contributed by atoms with Crippen molar-refractivity contribution < 1.29 is 17.9 Å². The third-order valence-electron chi connectivity index (χ3n) is 5.58. The fourth-order valence-corrected chi connectivity index (χ4v) is 4.71.